The van der Waals surface area contributed by atoms with E-state index in [9.17, 15) is 4.79 Å². The number of thioether (sulfide) groups is 1. The number of nitrogens with zero attached hydrogens (tertiary/aromatic N) is 2. The van der Waals surface area contributed by atoms with Gasteiger partial charge in [-0.2, -0.15) is 0 Å². The number of nitrogen functional groups attached to an aromatic ring is 2. The zero-order valence-electron chi connectivity index (χ0n) is 15.5. The van der Waals surface area contributed by atoms with E-state index in [4.69, 9.17) is 16.2 Å². The second-order valence-corrected chi connectivity index (χ2v) is 7.17. The summed E-state index contributed by atoms with van der Waals surface area (Å²) in [5, 5.41) is 2.67. The van der Waals surface area contributed by atoms with Gasteiger partial charge in [0.2, 0.25) is 5.91 Å². The second kappa shape index (κ2) is 8.62. The molecule has 2 aromatic carbocycles. The summed E-state index contributed by atoms with van der Waals surface area (Å²) < 4.78 is 5.36. The SMILES string of the molecule is COc1ccc(C)cc1NC(=O)[C@H](Sc1nc(N)cc(N)n1)c1ccccc1. The number of hydrogen-bond acceptors (Lipinski definition) is 7. The fourth-order valence-corrected chi connectivity index (χ4v) is 3.62. The molecular weight excluding hydrogens is 374 g/mol. The molecule has 5 N–H and O–H groups in total. The van der Waals surface area contributed by atoms with E-state index in [-0.39, 0.29) is 17.5 Å². The maximum Gasteiger partial charge on any atom is 0.242 e. The number of carbonyl (C=O) groups excluding carboxylic acids is 1. The van der Waals surface area contributed by atoms with Crippen molar-refractivity contribution in [1.29, 1.82) is 0 Å². The van der Waals surface area contributed by atoms with Crippen molar-refractivity contribution in [1.82, 2.24) is 9.97 Å². The van der Waals surface area contributed by atoms with Gasteiger partial charge in [-0.15, -0.1) is 0 Å². The van der Waals surface area contributed by atoms with Crippen LogP contribution in [0, 0.1) is 6.92 Å². The lowest BCUT2D eigenvalue weighted by molar-refractivity contribution is -0.115. The zero-order valence-corrected chi connectivity index (χ0v) is 16.4. The average Bonchev–Trinajstić information content (AvgIpc) is 2.66. The summed E-state index contributed by atoms with van der Waals surface area (Å²) >= 11 is 1.18. The van der Waals surface area contributed by atoms with Crippen molar-refractivity contribution < 1.29 is 9.53 Å². The first-order valence-electron chi connectivity index (χ1n) is 8.53. The summed E-state index contributed by atoms with van der Waals surface area (Å²) in [6.07, 6.45) is 0. The Hall–Kier alpha value is -3.26. The Morgan fingerprint density at radius 1 is 1.07 bits per heavy atom. The Kier molecular flexibility index (Phi) is 6.00. The van der Waals surface area contributed by atoms with Gasteiger partial charge in [0.25, 0.3) is 0 Å². The molecule has 0 aliphatic rings. The summed E-state index contributed by atoms with van der Waals surface area (Å²) in [6.45, 7) is 1.95. The molecule has 0 saturated carbocycles. The van der Waals surface area contributed by atoms with Gasteiger partial charge in [-0.3, -0.25) is 4.79 Å². The Balaban J connectivity index is 1.93. The van der Waals surface area contributed by atoms with Crippen molar-refractivity contribution in [3.05, 3.63) is 65.7 Å². The van der Waals surface area contributed by atoms with E-state index in [1.807, 2.05) is 55.5 Å². The number of anilines is 3. The molecule has 1 aromatic heterocycles. The van der Waals surface area contributed by atoms with Gasteiger partial charge in [-0.1, -0.05) is 48.2 Å². The van der Waals surface area contributed by atoms with Crippen molar-refractivity contribution in [2.75, 3.05) is 23.9 Å². The molecular formula is C20H21N5O2S. The number of aryl methyl sites for hydroxylation is 1. The molecule has 3 rings (SSSR count). The van der Waals surface area contributed by atoms with Gasteiger partial charge in [0.05, 0.1) is 12.8 Å². The third-order valence-electron chi connectivity index (χ3n) is 3.92. The molecule has 0 radical (unpaired) electrons. The van der Waals surface area contributed by atoms with Crippen LogP contribution in [0.25, 0.3) is 0 Å². The predicted octanol–water partition coefficient (Wildman–Crippen LogP) is 3.43. The van der Waals surface area contributed by atoms with Crippen molar-refractivity contribution in [3.8, 4) is 5.75 Å². The minimum Gasteiger partial charge on any atom is -0.495 e. The maximum absolute atomic E-state index is 13.2. The number of benzene rings is 2. The van der Waals surface area contributed by atoms with E-state index in [1.165, 1.54) is 17.8 Å². The minimum atomic E-state index is -0.604. The molecule has 8 heteroatoms. The summed E-state index contributed by atoms with van der Waals surface area (Å²) in [5.41, 5.74) is 13.9. The number of hydrogen-bond donors (Lipinski definition) is 3. The van der Waals surface area contributed by atoms with E-state index in [0.717, 1.165) is 11.1 Å². The third-order valence-corrected chi connectivity index (χ3v) is 5.04. The molecule has 7 nitrogen and oxygen atoms in total. The standard InChI is InChI=1S/C20H21N5O2S/c1-12-8-9-15(27-2)14(10-12)23-19(26)18(13-6-4-3-5-7-13)28-20-24-16(21)11-17(22)25-20/h3-11,18H,1-2H3,(H,23,26)(H4,21,22,24,25)/t18-/m1/s1. The van der Waals surface area contributed by atoms with Crippen molar-refractivity contribution in [2.45, 2.75) is 17.3 Å². The molecule has 3 aromatic rings. The Labute approximate surface area is 167 Å². The smallest absolute Gasteiger partial charge is 0.242 e. The van der Waals surface area contributed by atoms with Gasteiger partial charge in [0.15, 0.2) is 5.16 Å². The van der Waals surface area contributed by atoms with Crippen LogP contribution in [-0.4, -0.2) is 23.0 Å². The number of rotatable bonds is 6. The minimum absolute atomic E-state index is 0.232. The molecule has 1 heterocycles. The van der Waals surface area contributed by atoms with Gasteiger partial charge in [-0.05, 0) is 30.2 Å². The summed E-state index contributed by atoms with van der Waals surface area (Å²) in [4.78, 5) is 21.5. The molecule has 0 aliphatic carbocycles. The number of nitrogens with one attached hydrogen (secondary N) is 1. The van der Waals surface area contributed by atoms with Crippen LogP contribution < -0.4 is 21.5 Å². The van der Waals surface area contributed by atoms with Crippen LogP contribution in [0.15, 0.2) is 59.8 Å². The Morgan fingerprint density at radius 2 is 1.75 bits per heavy atom. The van der Waals surface area contributed by atoms with Gasteiger partial charge in [-0.25, -0.2) is 9.97 Å². The number of amides is 1. The van der Waals surface area contributed by atoms with Crippen molar-refractivity contribution in [3.63, 3.8) is 0 Å². The van der Waals surface area contributed by atoms with Gasteiger partial charge in [0.1, 0.15) is 22.6 Å². The molecule has 0 aliphatic heterocycles. The number of ether oxygens (including phenoxy) is 1. The van der Waals surface area contributed by atoms with Crippen LogP contribution in [0.3, 0.4) is 0 Å². The molecule has 0 fully saturated rings. The normalized spacial score (nSPS) is 11.6. The summed E-state index contributed by atoms with van der Waals surface area (Å²) in [5.74, 6) is 0.857. The molecule has 0 saturated heterocycles. The van der Waals surface area contributed by atoms with Crippen LogP contribution >= 0.6 is 11.8 Å². The lowest BCUT2D eigenvalue weighted by atomic mass is 10.1. The number of nitrogens with two attached hydrogens (primary N) is 2. The quantitative estimate of drug-likeness (QED) is 0.432. The molecule has 144 valence electrons. The molecule has 28 heavy (non-hydrogen) atoms. The predicted molar refractivity (Wildman–Crippen MR) is 112 cm³/mol. The first-order chi connectivity index (χ1) is 13.5. The molecule has 0 spiro atoms. The van der Waals surface area contributed by atoms with E-state index in [2.05, 4.69) is 15.3 Å². The first kappa shape index (κ1) is 19.5. The number of aromatic nitrogens is 2. The molecule has 1 amide bonds. The average molecular weight is 395 g/mol. The maximum atomic E-state index is 13.2. The zero-order chi connectivity index (χ0) is 20.1. The fourth-order valence-electron chi connectivity index (χ4n) is 2.64. The molecule has 0 bridgehead atoms. The van der Waals surface area contributed by atoms with Crippen LogP contribution in [-0.2, 0) is 4.79 Å². The monoisotopic (exact) mass is 395 g/mol. The lowest BCUT2D eigenvalue weighted by Gasteiger charge is -2.18. The van der Waals surface area contributed by atoms with Crippen LogP contribution in [0.4, 0.5) is 17.3 Å². The van der Waals surface area contributed by atoms with Crippen LogP contribution in [0.2, 0.25) is 0 Å². The van der Waals surface area contributed by atoms with Crippen LogP contribution in [0.1, 0.15) is 16.4 Å². The first-order valence-corrected chi connectivity index (χ1v) is 9.41. The highest BCUT2D eigenvalue weighted by Gasteiger charge is 2.24. The van der Waals surface area contributed by atoms with Crippen molar-refractivity contribution >= 4 is 35.0 Å². The van der Waals surface area contributed by atoms with Gasteiger partial charge < -0.3 is 21.5 Å². The lowest BCUT2D eigenvalue weighted by Crippen LogP contribution is -2.20. The Bertz CT molecular complexity index is 961. The molecule has 0 unspecified atom stereocenters. The topological polar surface area (TPSA) is 116 Å². The van der Waals surface area contributed by atoms with Crippen LogP contribution in [0.5, 0.6) is 5.75 Å². The van der Waals surface area contributed by atoms with E-state index in [1.54, 1.807) is 7.11 Å². The summed E-state index contributed by atoms with van der Waals surface area (Å²) in [6, 6.07) is 16.5. The van der Waals surface area contributed by atoms with Crippen molar-refractivity contribution in [2.24, 2.45) is 0 Å². The molecule has 1 atom stereocenters. The highest BCUT2D eigenvalue weighted by Crippen LogP contribution is 2.36. The second-order valence-electron chi connectivity index (χ2n) is 6.10. The highest BCUT2D eigenvalue weighted by molar-refractivity contribution is 8.00. The van der Waals surface area contributed by atoms with Gasteiger partial charge in [0, 0.05) is 6.07 Å². The fraction of sp³-hybridized carbons (Fsp3) is 0.150. The largest absolute Gasteiger partial charge is 0.495 e. The highest BCUT2D eigenvalue weighted by atomic mass is 32.2. The van der Waals surface area contributed by atoms with E-state index in [0.29, 0.717) is 16.6 Å². The summed E-state index contributed by atoms with van der Waals surface area (Å²) in [7, 11) is 1.56. The van der Waals surface area contributed by atoms with Gasteiger partial charge >= 0.3 is 0 Å². The van der Waals surface area contributed by atoms with E-state index < -0.39 is 5.25 Å². The number of carbonyl (C=O) groups is 1. The Morgan fingerprint density at radius 3 is 2.39 bits per heavy atom. The number of methoxy groups -OCH3 is 1. The van der Waals surface area contributed by atoms with E-state index >= 15 is 0 Å². The third kappa shape index (κ3) is 4.72.